The summed E-state index contributed by atoms with van der Waals surface area (Å²) in [4.78, 5) is 0. The van der Waals surface area contributed by atoms with Gasteiger partial charge in [-0.05, 0) is 50.1 Å². The van der Waals surface area contributed by atoms with E-state index < -0.39 is 0 Å². The molecule has 0 atom stereocenters. The van der Waals surface area contributed by atoms with E-state index in [1.807, 2.05) is 6.08 Å². The third-order valence-electron chi connectivity index (χ3n) is 3.78. The molecule has 1 saturated carbocycles. The molecule has 2 rings (SSSR count). The van der Waals surface area contributed by atoms with Crippen molar-refractivity contribution in [3.63, 3.8) is 0 Å². The van der Waals surface area contributed by atoms with Gasteiger partial charge in [-0.1, -0.05) is 36.4 Å². The first-order valence-corrected chi connectivity index (χ1v) is 6.79. The Morgan fingerprint density at radius 1 is 1.12 bits per heavy atom. The van der Waals surface area contributed by atoms with Gasteiger partial charge in [-0.2, -0.15) is 0 Å². The summed E-state index contributed by atoms with van der Waals surface area (Å²) in [6.07, 6.45) is 8.36. The Hall–Kier alpha value is -1.08. The van der Waals surface area contributed by atoms with Crippen LogP contribution in [0.1, 0.15) is 43.6 Å². The van der Waals surface area contributed by atoms with Crippen LogP contribution >= 0.6 is 0 Å². The summed E-state index contributed by atoms with van der Waals surface area (Å²) in [5.74, 6) is 0.786. The first kappa shape index (κ1) is 12.4. The zero-order valence-corrected chi connectivity index (χ0v) is 10.6. The topological polar surface area (TPSA) is 12.0 Å². The van der Waals surface area contributed by atoms with Gasteiger partial charge < -0.3 is 5.32 Å². The van der Waals surface area contributed by atoms with Gasteiger partial charge in [0.15, 0.2) is 0 Å². The van der Waals surface area contributed by atoms with Crippen molar-refractivity contribution >= 4 is 0 Å². The van der Waals surface area contributed by atoms with E-state index in [9.17, 15) is 0 Å². The molecule has 1 aliphatic carbocycles. The SMILES string of the molecule is C=CCCNC1CCC(c2ccccc2)CC1. The molecule has 0 spiro atoms. The van der Waals surface area contributed by atoms with Crippen molar-refractivity contribution in [2.75, 3.05) is 6.54 Å². The second-order valence-corrected chi connectivity index (χ2v) is 4.99. The lowest BCUT2D eigenvalue weighted by atomic mass is 9.82. The highest BCUT2D eigenvalue weighted by Crippen LogP contribution is 2.32. The van der Waals surface area contributed by atoms with E-state index >= 15 is 0 Å². The monoisotopic (exact) mass is 229 g/mol. The van der Waals surface area contributed by atoms with Crippen LogP contribution in [-0.2, 0) is 0 Å². The second-order valence-electron chi connectivity index (χ2n) is 4.99. The highest BCUT2D eigenvalue weighted by atomic mass is 14.9. The lowest BCUT2D eigenvalue weighted by Crippen LogP contribution is -2.33. The number of hydrogen-bond donors (Lipinski definition) is 1. The summed E-state index contributed by atoms with van der Waals surface area (Å²) in [7, 11) is 0. The van der Waals surface area contributed by atoms with Gasteiger partial charge in [-0.15, -0.1) is 6.58 Å². The number of rotatable bonds is 5. The lowest BCUT2D eigenvalue weighted by Gasteiger charge is -2.29. The van der Waals surface area contributed by atoms with Gasteiger partial charge >= 0.3 is 0 Å². The second kappa shape index (κ2) is 6.61. The molecule has 0 radical (unpaired) electrons. The predicted octanol–water partition coefficient (Wildman–Crippen LogP) is 3.88. The molecule has 1 aliphatic rings. The zero-order chi connectivity index (χ0) is 11.9. The van der Waals surface area contributed by atoms with Gasteiger partial charge in [0.2, 0.25) is 0 Å². The molecule has 1 heteroatoms. The summed E-state index contributed by atoms with van der Waals surface area (Å²) >= 11 is 0. The molecule has 0 bridgehead atoms. The molecule has 92 valence electrons. The summed E-state index contributed by atoms with van der Waals surface area (Å²) < 4.78 is 0. The molecule has 0 amide bonds. The lowest BCUT2D eigenvalue weighted by molar-refractivity contribution is 0.345. The largest absolute Gasteiger partial charge is 0.314 e. The molecule has 0 aliphatic heterocycles. The van der Waals surface area contributed by atoms with Crippen LogP contribution in [0.4, 0.5) is 0 Å². The minimum atomic E-state index is 0.731. The molecular weight excluding hydrogens is 206 g/mol. The summed E-state index contributed by atoms with van der Waals surface area (Å²) in [5, 5.41) is 3.62. The fraction of sp³-hybridized carbons (Fsp3) is 0.500. The third-order valence-corrected chi connectivity index (χ3v) is 3.78. The van der Waals surface area contributed by atoms with Gasteiger partial charge in [0, 0.05) is 6.04 Å². The minimum absolute atomic E-state index is 0.731. The maximum absolute atomic E-state index is 3.76. The predicted molar refractivity (Wildman–Crippen MR) is 74.3 cm³/mol. The standard InChI is InChI=1S/C16H23N/c1-2-3-13-17-16-11-9-15(10-12-16)14-7-5-4-6-8-14/h2,4-8,15-17H,1,3,9-13H2. The molecule has 1 nitrogen and oxygen atoms in total. The fourth-order valence-electron chi connectivity index (χ4n) is 2.75. The molecule has 1 aromatic rings. The molecule has 0 saturated heterocycles. The minimum Gasteiger partial charge on any atom is -0.314 e. The third kappa shape index (κ3) is 3.71. The molecule has 1 fully saturated rings. The van der Waals surface area contributed by atoms with E-state index in [0.717, 1.165) is 24.9 Å². The number of nitrogens with one attached hydrogen (secondary N) is 1. The van der Waals surface area contributed by atoms with Crippen molar-refractivity contribution in [2.45, 2.75) is 44.1 Å². The van der Waals surface area contributed by atoms with Crippen LogP contribution in [0.3, 0.4) is 0 Å². The van der Waals surface area contributed by atoms with Crippen molar-refractivity contribution in [3.05, 3.63) is 48.6 Å². The molecular formula is C16H23N. The number of benzene rings is 1. The Morgan fingerprint density at radius 3 is 2.47 bits per heavy atom. The highest BCUT2D eigenvalue weighted by molar-refractivity contribution is 5.20. The maximum atomic E-state index is 3.76. The van der Waals surface area contributed by atoms with Crippen LogP contribution in [0.2, 0.25) is 0 Å². The van der Waals surface area contributed by atoms with E-state index in [0.29, 0.717) is 0 Å². The Morgan fingerprint density at radius 2 is 1.82 bits per heavy atom. The molecule has 0 heterocycles. The van der Waals surface area contributed by atoms with Crippen LogP contribution in [0, 0.1) is 0 Å². The van der Waals surface area contributed by atoms with Gasteiger partial charge in [0.1, 0.15) is 0 Å². The molecule has 1 aromatic carbocycles. The van der Waals surface area contributed by atoms with Crippen molar-refractivity contribution < 1.29 is 0 Å². The summed E-state index contributed by atoms with van der Waals surface area (Å²) in [5.41, 5.74) is 1.53. The first-order chi connectivity index (χ1) is 8.40. The summed E-state index contributed by atoms with van der Waals surface area (Å²) in [6, 6.07) is 11.7. The molecule has 0 aromatic heterocycles. The van der Waals surface area contributed by atoms with E-state index in [-0.39, 0.29) is 0 Å². The number of hydrogen-bond acceptors (Lipinski definition) is 1. The molecule has 1 N–H and O–H groups in total. The first-order valence-electron chi connectivity index (χ1n) is 6.79. The van der Waals surface area contributed by atoms with Crippen molar-refractivity contribution in [1.82, 2.24) is 5.32 Å². The normalized spacial score (nSPS) is 24.5. The van der Waals surface area contributed by atoms with Crippen molar-refractivity contribution in [3.8, 4) is 0 Å². The maximum Gasteiger partial charge on any atom is 0.00676 e. The van der Waals surface area contributed by atoms with Crippen LogP contribution in [0.5, 0.6) is 0 Å². The smallest absolute Gasteiger partial charge is 0.00676 e. The molecule has 17 heavy (non-hydrogen) atoms. The quantitative estimate of drug-likeness (QED) is 0.597. The highest BCUT2D eigenvalue weighted by Gasteiger charge is 2.21. The van der Waals surface area contributed by atoms with E-state index in [4.69, 9.17) is 0 Å². The van der Waals surface area contributed by atoms with Gasteiger partial charge in [0.05, 0.1) is 0 Å². The van der Waals surface area contributed by atoms with Crippen molar-refractivity contribution in [1.29, 1.82) is 0 Å². The van der Waals surface area contributed by atoms with Gasteiger partial charge in [0.25, 0.3) is 0 Å². The van der Waals surface area contributed by atoms with Crippen LogP contribution < -0.4 is 5.32 Å². The summed E-state index contributed by atoms with van der Waals surface area (Å²) in [6.45, 7) is 4.84. The van der Waals surface area contributed by atoms with Gasteiger partial charge in [-0.25, -0.2) is 0 Å². The van der Waals surface area contributed by atoms with Crippen LogP contribution in [0.15, 0.2) is 43.0 Å². The Labute approximate surface area is 105 Å². The Bertz CT molecular complexity index is 323. The van der Waals surface area contributed by atoms with E-state index in [2.05, 4.69) is 42.2 Å². The fourth-order valence-corrected chi connectivity index (χ4v) is 2.75. The van der Waals surface area contributed by atoms with E-state index in [1.54, 1.807) is 0 Å². The van der Waals surface area contributed by atoms with E-state index in [1.165, 1.54) is 31.2 Å². The Balaban J connectivity index is 1.76. The molecule has 0 unspecified atom stereocenters. The average molecular weight is 229 g/mol. The average Bonchev–Trinajstić information content (AvgIpc) is 2.41. The Kier molecular flexibility index (Phi) is 4.81. The van der Waals surface area contributed by atoms with Gasteiger partial charge in [-0.3, -0.25) is 0 Å². The zero-order valence-electron chi connectivity index (χ0n) is 10.6. The van der Waals surface area contributed by atoms with Crippen LogP contribution in [0.25, 0.3) is 0 Å². The van der Waals surface area contributed by atoms with Crippen molar-refractivity contribution in [2.24, 2.45) is 0 Å². The van der Waals surface area contributed by atoms with Crippen LogP contribution in [-0.4, -0.2) is 12.6 Å².